The summed E-state index contributed by atoms with van der Waals surface area (Å²) in [4.78, 5) is 18.5. The summed E-state index contributed by atoms with van der Waals surface area (Å²) in [6.07, 6.45) is 5.04. The Morgan fingerprint density at radius 1 is 1.23 bits per heavy atom. The molecule has 0 radical (unpaired) electrons. The molecule has 26 heavy (non-hydrogen) atoms. The van der Waals surface area contributed by atoms with Crippen molar-refractivity contribution in [3.8, 4) is 0 Å². The van der Waals surface area contributed by atoms with Gasteiger partial charge in [-0.3, -0.25) is 4.52 Å². The van der Waals surface area contributed by atoms with Crippen molar-refractivity contribution in [2.24, 2.45) is 28.6 Å². The molecule has 0 aromatic heterocycles. The van der Waals surface area contributed by atoms with E-state index in [2.05, 4.69) is 13.0 Å². The molecular weight excluding hydrogens is 358 g/mol. The van der Waals surface area contributed by atoms with Gasteiger partial charge in [0, 0.05) is 5.41 Å². The first-order chi connectivity index (χ1) is 12.0. The van der Waals surface area contributed by atoms with Crippen LogP contribution in [0, 0.1) is 28.6 Å². The first kappa shape index (κ1) is 19.1. The van der Waals surface area contributed by atoms with E-state index in [-0.39, 0.29) is 17.4 Å². The molecule has 3 saturated carbocycles. The Bertz CT molecular complexity index is 662. The molecule has 0 aromatic carbocycles. The van der Waals surface area contributed by atoms with E-state index in [9.17, 15) is 23.8 Å². The molecule has 4 aliphatic rings. The van der Waals surface area contributed by atoms with Crippen molar-refractivity contribution in [2.45, 2.75) is 77.2 Å². The Hall–Kier alpha value is -0.260. The van der Waals surface area contributed by atoms with Crippen LogP contribution >= 0.6 is 7.82 Å². The Kier molecular flexibility index (Phi) is 4.49. The Labute approximate surface area is 154 Å². The van der Waals surface area contributed by atoms with Crippen LogP contribution in [0.4, 0.5) is 4.39 Å². The third-order valence-corrected chi connectivity index (χ3v) is 8.73. The van der Waals surface area contributed by atoms with Crippen LogP contribution in [0.25, 0.3) is 0 Å². The molecule has 0 amide bonds. The first-order valence-corrected chi connectivity index (χ1v) is 11.3. The zero-order valence-electron chi connectivity index (χ0n) is 15.5. The van der Waals surface area contributed by atoms with Crippen LogP contribution in [0.15, 0.2) is 11.6 Å². The quantitative estimate of drug-likeness (QED) is 0.496. The van der Waals surface area contributed by atoms with Crippen LogP contribution < -0.4 is 0 Å². The highest BCUT2D eigenvalue weighted by Crippen LogP contribution is 2.66. The summed E-state index contributed by atoms with van der Waals surface area (Å²) >= 11 is 0. The molecule has 5 nitrogen and oxygen atoms in total. The minimum Gasteiger partial charge on any atom is -0.393 e. The second-order valence-corrected chi connectivity index (χ2v) is 10.7. The van der Waals surface area contributed by atoms with Crippen molar-refractivity contribution in [3.63, 3.8) is 0 Å². The van der Waals surface area contributed by atoms with E-state index in [0.717, 1.165) is 38.5 Å². The average molecular weight is 388 g/mol. The van der Waals surface area contributed by atoms with Crippen molar-refractivity contribution in [3.05, 3.63) is 11.6 Å². The molecule has 0 aliphatic heterocycles. The molecule has 0 heterocycles. The monoisotopic (exact) mass is 388 g/mol. The summed E-state index contributed by atoms with van der Waals surface area (Å²) in [5.74, 6) is 0.852. The van der Waals surface area contributed by atoms with Crippen LogP contribution in [0.1, 0.15) is 58.8 Å². The number of allylic oxidation sites excluding steroid dienone is 1. The lowest BCUT2D eigenvalue weighted by atomic mass is 9.48. The normalized spacial score (nSPS) is 51.2. The molecule has 0 unspecified atom stereocenters. The summed E-state index contributed by atoms with van der Waals surface area (Å²) in [6, 6.07) is 0. The maximum atomic E-state index is 14.8. The molecule has 3 N–H and O–H groups in total. The molecule has 0 bridgehead atoms. The number of rotatable bonds is 2. The van der Waals surface area contributed by atoms with E-state index < -0.39 is 25.5 Å². The number of hydrogen-bond donors (Lipinski definition) is 3. The first-order valence-electron chi connectivity index (χ1n) is 9.80. The van der Waals surface area contributed by atoms with E-state index in [1.807, 2.05) is 6.92 Å². The zero-order chi connectivity index (χ0) is 18.9. The highest BCUT2D eigenvalue weighted by Gasteiger charge is 2.62. The lowest BCUT2D eigenvalue weighted by molar-refractivity contribution is -0.0741. The fourth-order valence-corrected chi connectivity index (χ4v) is 7.57. The third-order valence-electron chi connectivity index (χ3n) is 8.22. The predicted molar refractivity (Wildman–Crippen MR) is 94.9 cm³/mol. The van der Waals surface area contributed by atoms with Gasteiger partial charge in [-0.2, -0.15) is 0 Å². The van der Waals surface area contributed by atoms with Crippen LogP contribution in [0.3, 0.4) is 0 Å². The minimum atomic E-state index is -4.72. The number of alkyl halides is 1. The molecule has 4 aliphatic carbocycles. The summed E-state index contributed by atoms with van der Waals surface area (Å²) in [7, 11) is -4.72. The molecule has 0 spiro atoms. The summed E-state index contributed by atoms with van der Waals surface area (Å²) in [5.41, 5.74) is 0.897. The van der Waals surface area contributed by atoms with Crippen LogP contribution in [0.2, 0.25) is 0 Å². The zero-order valence-corrected chi connectivity index (χ0v) is 16.4. The van der Waals surface area contributed by atoms with Gasteiger partial charge in [0.25, 0.3) is 0 Å². The topological polar surface area (TPSA) is 87.0 Å². The maximum Gasteiger partial charge on any atom is 0.469 e. The number of phosphoric ester groups is 1. The van der Waals surface area contributed by atoms with Crippen LogP contribution in [-0.4, -0.2) is 33.3 Å². The van der Waals surface area contributed by atoms with Gasteiger partial charge in [0.05, 0.1) is 6.10 Å². The van der Waals surface area contributed by atoms with E-state index in [1.165, 1.54) is 5.57 Å². The van der Waals surface area contributed by atoms with E-state index in [4.69, 9.17) is 4.52 Å². The summed E-state index contributed by atoms with van der Waals surface area (Å²) in [6.45, 7) is 4.26. The molecule has 0 saturated heterocycles. The van der Waals surface area contributed by atoms with E-state index in [0.29, 0.717) is 18.3 Å². The van der Waals surface area contributed by atoms with Crippen molar-refractivity contribution < 1.29 is 28.4 Å². The van der Waals surface area contributed by atoms with E-state index in [1.54, 1.807) is 0 Å². The second-order valence-electron chi connectivity index (χ2n) is 9.47. The van der Waals surface area contributed by atoms with Gasteiger partial charge in [0.15, 0.2) is 0 Å². The lowest BCUT2D eigenvalue weighted by Gasteiger charge is -2.57. The van der Waals surface area contributed by atoms with Gasteiger partial charge in [-0.05, 0) is 68.1 Å². The number of phosphoric acid groups is 1. The molecule has 3 fully saturated rings. The Morgan fingerprint density at radius 3 is 2.65 bits per heavy atom. The standard InChI is InChI=1S/C19H30FO5P/c1-18-7-5-12(21)9-11(18)3-4-13-14(18)6-8-19(2)15(13)10-16(20)17(19)25-26(22,23)24/h3,12-17,21H,4-10H2,1-2H3,(H2,22,23,24)/t12-,13-,14+,15+,16-,17+,18+,19+/m1/s1. The van der Waals surface area contributed by atoms with Gasteiger partial charge in [0.2, 0.25) is 0 Å². The van der Waals surface area contributed by atoms with Gasteiger partial charge in [-0.15, -0.1) is 0 Å². The van der Waals surface area contributed by atoms with Gasteiger partial charge in [0.1, 0.15) is 12.3 Å². The second kappa shape index (κ2) is 6.12. The van der Waals surface area contributed by atoms with Gasteiger partial charge >= 0.3 is 7.82 Å². The molecular formula is C19H30FO5P. The summed E-state index contributed by atoms with van der Waals surface area (Å²) in [5, 5.41) is 10.0. The fourth-order valence-electron chi connectivity index (χ4n) is 6.90. The van der Waals surface area contributed by atoms with Crippen molar-refractivity contribution >= 4 is 7.82 Å². The van der Waals surface area contributed by atoms with Gasteiger partial charge in [-0.1, -0.05) is 25.5 Å². The number of aliphatic hydroxyl groups excluding tert-OH is 1. The summed E-state index contributed by atoms with van der Waals surface area (Å²) < 4.78 is 31.1. The molecule has 0 aromatic rings. The van der Waals surface area contributed by atoms with Crippen LogP contribution in [-0.2, 0) is 9.09 Å². The van der Waals surface area contributed by atoms with Crippen molar-refractivity contribution in [1.29, 1.82) is 0 Å². The molecule has 4 rings (SSSR count). The maximum absolute atomic E-state index is 14.8. The highest BCUT2D eigenvalue weighted by atomic mass is 31.2. The molecule has 7 heteroatoms. The largest absolute Gasteiger partial charge is 0.469 e. The number of hydrogen-bond acceptors (Lipinski definition) is 3. The highest BCUT2D eigenvalue weighted by molar-refractivity contribution is 7.46. The Morgan fingerprint density at radius 2 is 1.96 bits per heavy atom. The average Bonchev–Trinajstić information content (AvgIpc) is 2.78. The SMILES string of the molecule is C[C@]12CC[C@H]3[C@@H](CC=C4C[C@H](O)CC[C@@]43C)[C@@H]1C[C@@H](F)[C@@H]2OP(=O)(O)O. The lowest BCUT2D eigenvalue weighted by Crippen LogP contribution is -2.51. The van der Waals surface area contributed by atoms with Crippen molar-refractivity contribution in [1.82, 2.24) is 0 Å². The fraction of sp³-hybridized carbons (Fsp3) is 0.895. The minimum absolute atomic E-state index is 0.0669. The smallest absolute Gasteiger partial charge is 0.393 e. The Balaban J connectivity index is 1.64. The third kappa shape index (κ3) is 2.84. The molecule has 8 atom stereocenters. The van der Waals surface area contributed by atoms with E-state index >= 15 is 0 Å². The number of fused-ring (bicyclic) bond motifs is 5. The predicted octanol–water partition coefficient (Wildman–Crippen LogP) is 3.74. The van der Waals surface area contributed by atoms with Crippen molar-refractivity contribution in [2.75, 3.05) is 0 Å². The van der Waals surface area contributed by atoms with Gasteiger partial charge in [-0.25, -0.2) is 8.96 Å². The number of aliphatic hydroxyl groups is 1. The molecule has 148 valence electrons. The number of halogens is 1. The van der Waals surface area contributed by atoms with Gasteiger partial charge < -0.3 is 14.9 Å². The van der Waals surface area contributed by atoms with Crippen LogP contribution in [0.5, 0.6) is 0 Å².